The van der Waals surface area contributed by atoms with Crippen LogP contribution in [0.25, 0.3) is 0 Å². The molecule has 25 heavy (non-hydrogen) atoms. The standard InChI is InChI=1S/C18H21N2O4P/c19-14-17(21)20-13-7-12-18(20)25(22,23-15-8-3-1-4-9-15)24-16-10-5-2-6-11-16/h1-6,8-11,18H,7,12-14,19H2/t18-/m1/s1. The molecule has 0 spiro atoms. The van der Waals surface area contributed by atoms with Crippen LogP contribution in [-0.2, 0) is 9.36 Å². The van der Waals surface area contributed by atoms with E-state index in [0.29, 0.717) is 24.5 Å². The minimum absolute atomic E-state index is 0.132. The van der Waals surface area contributed by atoms with Crippen molar-refractivity contribution in [1.29, 1.82) is 0 Å². The maximum atomic E-state index is 13.7. The number of benzene rings is 2. The second-order valence-corrected chi connectivity index (χ2v) is 7.80. The van der Waals surface area contributed by atoms with Crippen LogP contribution in [0.4, 0.5) is 0 Å². The van der Waals surface area contributed by atoms with Crippen LogP contribution >= 0.6 is 7.60 Å². The molecular formula is C18H21N2O4P. The molecule has 1 heterocycles. The summed E-state index contributed by atoms with van der Waals surface area (Å²) in [5, 5.41) is 0. The summed E-state index contributed by atoms with van der Waals surface area (Å²) in [6, 6.07) is 17.7. The monoisotopic (exact) mass is 360 g/mol. The minimum Gasteiger partial charge on any atom is -0.415 e. The molecule has 0 aliphatic carbocycles. The fourth-order valence-electron chi connectivity index (χ4n) is 2.88. The Balaban J connectivity index is 1.93. The number of likely N-dealkylation sites (tertiary alicyclic amines) is 1. The van der Waals surface area contributed by atoms with Gasteiger partial charge in [0.1, 0.15) is 11.5 Å². The first kappa shape index (κ1) is 17.5. The van der Waals surface area contributed by atoms with E-state index in [2.05, 4.69) is 0 Å². The van der Waals surface area contributed by atoms with Gasteiger partial charge in [-0.1, -0.05) is 36.4 Å². The Morgan fingerprint density at radius 2 is 1.56 bits per heavy atom. The Bertz CT molecular complexity index is 709. The first-order valence-electron chi connectivity index (χ1n) is 8.21. The Morgan fingerprint density at radius 3 is 2.04 bits per heavy atom. The number of hydrogen-bond donors (Lipinski definition) is 1. The van der Waals surface area contributed by atoms with Crippen LogP contribution in [0.5, 0.6) is 11.5 Å². The molecule has 0 saturated carbocycles. The van der Waals surface area contributed by atoms with Gasteiger partial charge in [-0.05, 0) is 37.1 Å². The van der Waals surface area contributed by atoms with Crippen molar-refractivity contribution in [2.75, 3.05) is 13.1 Å². The number of carbonyl (C=O) groups excluding carboxylic acids is 1. The third-order valence-corrected chi connectivity index (χ3v) is 6.23. The SMILES string of the molecule is NCC(=O)N1CCC[C@H]1P(=O)(Oc1ccccc1)Oc1ccccc1. The lowest BCUT2D eigenvalue weighted by Crippen LogP contribution is -2.40. The maximum Gasteiger partial charge on any atom is 0.453 e. The Hall–Kier alpha value is -2.30. The molecule has 2 aromatic rings. The second kappa shape index (κ2) is 7.72. The van der Waals surface area contributed by atoms with Crippen molar-refractivity contribution in [2.45, 2.75) is 18.6 Å². The molecule has 0 unspecified atom stereocenters. The molecule has 132 valence electrons. The van der Waals surface area contributed by atoms with Gasteiger partial charge in [-0.2, -0.15) is 0 Å². The third-order valence-electron chi connectivity index (χ3n) is 4.03. The van der Waals surface area contributed by atoms with E-state index in [0.717, 1.165) is 6.42 Å². The van der Waals surface area contributed by atoms with Gasteiger partial charge in [0.2, 0.25) is 5.91 Å². The minimum atomic E-state index is -3.68. The van der Waals surface area contributed by atoms with Crippen molar-refractivity contribution in [1.82, 2.24) is 4.90 Å². The first-order chi connectivity index (χ1) is 12.1. The largest absolute Gasteiger partial charge is 0.453 e. The van der Waals surface area contributed by atoms with E-state index in [1.54, 1.807) is 48.5 Å². The zero-order valence-electron chi connectivity index (χ0n) is 13.8. The van der Waals surface area contributed by atoms with Crippen molar-refractivity contribution in [3.05, 3.63) is 60.7 Å². The summed E-state index contributed by atoms with van der Waals surface area (Å²) in [6.07, 6.45) is 1.28. The number of nitrogens with zero attached hydrogens (tertiary/aromatic N) is 1. The Labute approximate surface area is 147 Å². The van der Waals surface area contributed by atoms with Gasteiger partial charge in [-0.25, -0.2) is 4.57 Å². The van der Waals surface area contributed by atoms with E-state index in [9.17, 15) is 9.36 Å². The number of carbonyl (C=O) groups is 1. The fraction of sp³-hybridized carbons (Fsp3) is 0.278. The lowest BCUT2D eigenvalue weighted by atomic mass is 10.3. The van der Waals surface area contributed by atoms with Crippen molar-refractivity contribution in [3.8, 4) is 11.5 Å². The van der Waals surface area contributed by atoms with Gasteiger partial charge in [0.25, 0.3) is 0 Å². The molecule has 6 nitrogen and oxygen atoms in total. The number of para-hydroxylation sites is 2. The highest BCUT2D eigenvalue weighted by Crippen LogP contribution is 2.56. The third kappa shape index (κ3) is 4.03. The summed E-state index contributed by atoms with van der Waals surface area (Å²) >= 11 is 0. The molecule has 3 rings (SSSR count). The van der Waals surface area contributed by atoms with Crippen LogP contribution in [0.3, 0.4) is 0 Å². The van der Waals surface area contributed by atoms with Crippen molar-refractivity contribution < 1.29 is 18.4 Å². The van der Waals surface area contributed by atoms with Crippen LogP contribution in [0, 0.1) is 0 Å². The van der Waals surface area contributed by atoms with Gasteiger partial charge < -0.3 is 19.7 Å². The summed E-state index contributed by atoms with van der Waals surface area (Å²) < 4.78 is 25.3. The van der Waals surface area contributed by atoms with Gasteiger partial charge in [0, 0.05) is 6.54 Å². The summed E-state index contributed by atoms with van der Waals surface area (Å²) in [5.41, 5.74) is 5.50. The van der Waals surface area contributed by atoms with Crippen LogP contribution in [0.2, 0.25) is 0 Å². The van der Waals surface area contributed by atoms with Gasteiger partial charge in [0.05, 0.1) is 6.54 Å². The molecule has 1 saturated heterocycles. The van der Waals surface area contributed by atoms with Gasteiger partial charge in [-0.15, -0.1) is 0 Å². The average Bonchev–Trinajstić information content (AvgIpc) is 3.13. The smallest absolute Gasteiger partial charge is 0.415 e. The van der Waals surface area contributed by atoms with E-state index >= 15 is 0 Å². The predicted molar refractivity (Wildman–Crippen MR) is 95.5 cm³/mol. The highest BCUT2D eigenvalue weighted by Gasteiger charge is 2.47. The average molecular weight is 360 g/mol. The van der Waals surface area contributed by atoms with Gasteiger partial charge >= 0.3 is 7.60 Å². The number of rotatable bonds is 6. The van der Waals surface area contributed by atoms with Gasteiger partial charge in [-0.3, -0.25) is 4.79 Å². The highest BCUT2D eigenvalue weighted by atomic mass is 31.2. The van der Waals surface area contributed by atoms with Crippen molar-refractivity contribution >= 4 is 13.5 Å². The Morgan fingerprint density at radius 1 is 1.04 bits per heavy atom. The zero-order chi connectivity index (χ0) is 17.7. The van der Waals surface area contributed by atoms with Crippen LogP contribution < -0.4 is 14.8 Å². The molecule has 1 fully saturated rings. The quantitative estimate of drug-likeness (QED) is 0.800. The van der Waals surface area contributed by atoms with Crippen LogP contribution in [0.15, 0.2) is 60.7 Å². The van der Waals surface area contributed by atoms with E-state index in [1.165, 1.54) is 4.90 Å². The molecular weight excluding hydrogens is 339 g/mol. The number of hydrogen-bond acceptors (Lipinski definition) is 5. The summed E-state index contributed by atoms with van der Waals surface area (Å²) in [5.74, 6) is -0.0253. The zero-order valence-corrected chi connectivity index (χ0v) is 14.7. The maximum absolute atomic E-state index is 13.7. The molecule has 2 aromatic carbocycles. The highest BCUT2D eigenvalue weighted by molar-refractivity contribution is 7.55. The first-order valence-corrected chi connectivity index (χ1v) is 9.82. The molecule has 0 bridgehead atoms. The molecule has 7 heteroatoms. The van der Waals surface area contributed by atoms with E-state index < -0.39 is 13.4 Å². The van der Waals surface area contributed by atoms with Crippen LogP contribution in [-0.4, -0.2) is 29.7 Å². The summed E-state index contributed by atoms with van der Waals surface area (Å²) in [4.78, 5) is 13.7. The lowest BCUT2D eigenvalue weighted by molar-refractivity contribution is -0.129. The molecule has 0 aromatic heterocycles. The predicted octanol–water partition coefficient (Wildman–Crippen LogP) is 3.24. The molecule has 2 N–H and O–H groups in total. The lowest BCUT2D eigenvalue weighted by Gasteiger charge is -2.30. The molecule has 1 aliphatic heterocycles. The van der Waals surface area contributed by atoms with E-state index in [4.69, 9.17) is 14.8 Å². The fourth-order valence-corrected chi connectivity index (χ4v) is 5.08. The molecule has 0 radical (unpaired) electrons. The summed E-state index contributed by atoms with van der Waals surface area (Å²) in [7, 11) is -3.68. The van der Waals surface area contributed by atoms with Crippen molar-refractivity contribution in [2.24, 2.45) is 5.73 Å². The number of amides is 1. The summed E-state index contributed by atoms with van der Waals surface area (Å²) in [6.45, 7) is 0.369. The molecule has 1 aliphatic rings. The van der Waals surface area contributed by atoms with E-state index in [1.807, 2.05) is 12.1 Å². The Kier molecular flexibility index (Phi) is 5.41. The van der Waals surface area contributed by atoms with Crippen molar-refractivity contribution in [3.63, 3.8) is 0 Å². The molecule has 1 atom stereocenters. The normalized spacial score (nSPS) is 17.3. The van der Waals surface area contributed by atoms with Gasteiger partial charge in [0.15, 0.2) is 5.78 Å². The topological polar surface area (TPSA) is 81.9 Å². The van der Waals surface area contributed by atoms with Crippen LogP contribution in [0.1, 0.15) is 12.8 Å². The second-order valence-electron chi connectivity index (χ2n) is 5.76. The van der Waals surface area contributed by atoms with E-state index in [-0.39, 0.29) is 12.5 Å². The number of nitrogens with two attached hydrogens (primary N) is 1. The molecule has 1 amide bonds.